The third-order valence-corrected chi connectivity index (χ3v) is 3.48. The quantitative estimate of drug-likeness (QED) is 0.692. The van der Waals surface area contributed by atoms with E-state index in [-0.39, 0.29) is 5.41 Å². The van der Waals surface area contributed by atoms with Gasteiger partial charge in [0.15, 0.2) is 0 Å². The second-order valence-corrected chi connectivity index (χ2v) is 6.48. The van der Waals surface area contributed by atoms with Gasteiger partial charge in [-0.05, 0) is 36.3 Å². The number of hydrogen-bond acceptors (Lipinski definition) is 1. The molecule has 5 N–H and O–H groups in total. The molecule has 0 saturated carbocycles. The number of quaternary nitrogens is 2. The highest BCUT2D eigenvalue weighted by Crippen LogP contribution is 2.33. The van der Waals surface area contributed by atoms with E-state index < -0.39 is 0 Å². The summed E-state index contributed by atoms with van der Waals surface area (Å²) >= 11 is 0. The third-order valence-electron chi connectivity index (χ3n) is 3.48. The van der Waals surface area contributed by atoms with Crippen LogP contribution in [0.1, 0.15) is 44.7 Å². The molecule has 1 rings (SSSR count). The van der Waals surface area contributed by atoms with Crippen LogP contribution in [-0.4, -0.2) is 26.2 Å². The lowest BCUT2D eigenvalue weighted by Gasteiger charge is -2.24. The highest BCUT2D eigenvalue weighted by Gasteiger charge is 2.19. The molecule has 0 aliphatic heterocycles. The maximum atomic E-state index is 6.07. The molecule has 0 amide bonds. The van der Waals surface area contributed by atoms with Crippen LogP contribution >= 0.6 is 0 Å². The highest BCUT2D eigenvalue weighted by atomic mass is 16.5. The second kappa shape index (κ2) is 8.28. The van der Waals surface area contributed by atoms with Crippen molar-refractivity contribution in [3.63, 3.8) is 0 Å². The monoisotopic (exact) mass is 280 g/mol. The molecule has 20 heavy (non-hydrogen) atoms. The van der Waals surface area contributed by atoms with Crippen molar-refractivity contribution in [2.24, 2.45) is 0 Å². The summed E-state index contributed by atoms with van der Waals surface area (Å²) in [6.45, 7) is 13.0. The van der Waals surface area contributed by atoms with E-state index in [4.69, 9.17) is 4.74 Å². The molecular weight excluding hydrogens is 248 g/mol. The Bertz CT molecular complexity index is 396. The van der Waals surface area contributed by atoms with Crippen LogP contribution in [-0.2, 0) is 5.41 Å². The van der Waals surface area contributed by atoms with Crippen LogP contribution < -0.4 is 15.8 Å². The molecule has 0 aliphatic carbocycles. The molecular formula is C17H32N2O+2. The van der Waals surface area contributed by atoms with E-state index in [0.717, 1.165) is 31.9 Å². The fraction of sp³-hybridized carbons (Fsp3) is 0.647. The topological polar surface area (TPSA) is 53.5 Å². The van der Waals surface area contributed by atoms with Gasteiger partial charge in [-0.1, -0.05) is 39.0 Å². The van der Waals surface area contributed by atoms with Crippen LogP contribution in [0, 0.1) is 6.92 Å². The molecule has 0 unspecified atom stereocenters. The molecule has 1 aromatic rings. The zero-order valence-corrected chi connectivity index (χ0v) is 13.7. The molecule has 0 fully saturated rings. The van der Waals surface area contributed by atoms with Gasteiger partial charge in [-0.3, -0.25) is 0 Å². The predicted molar refractivity (Wildman–Crippen MR) is 84.0 cm³/mol. The minimum absolute atomic E-state index is 0.128. The number of rotatable bonds is 8. The first kappa shape index (κ1) is 17.0. The van der Waals surface area contributed by atoms with Crippen LogP contribution in [0.3, 0.4) is 0 Å². The maximum absolute atomic E-state index is 6.07. The molecule has 3 heteroatoms. The maximum Gasteiger partial charge on any atom is 0.125 e. The molecule has 1 aromatic carbocycles. The van der Waals surface area contributed by atoms with E-state index >= 15 is 0 Å². The van der Waals surface area contributed by atoms with Crippen molar-refractivity contribution in [1.82, 2.24) is 0 Å². The molecule has 0 bridgehead atoms. The molecule has 114 valence electrons. The van der Waals surface area contributed by atoms with E-state index in [1.807, 2.05) is 0 Å². The summed E-state index contributed by atoms with van der Waals surface area (Å²) in [5.41, 5.74) is 6.52. The van der Waals surface area contributed by atoms with Gasteiger partial charge in [-0.25, -0.2) is 0 Å². The van der Waals surface area contributed by atoms with Crippen molar-refractivity contribution in [2.45, 2.75) is 46.0 Å². The van der Waals surface area contributed by atoms with Gasteiger partial charge >= 0.3 is 0 Å². The Morgan fingerprint density at radius 3 is 2.55 bits per heavy atom. The zero-order valence-electron chi connectivity index (χ0n) is 13.7. The van der Waals surface area contributed by atoms with Crippen molar-refractivity contribution >= 4 is 0 Å². The molecule has 0 aliphatic rings. The SMILES string of the molecule is Cc1cccc(C(C)(C)C)c1OCCCC[NH2+]CC[NH3+]. The average molecular weight is 280 g/mol. The van der Waals surface area contributed by atoms with Crippen LogP contribution in [0.25, 0.3) is 0 Å². The lowest BCUT2D eigenvalue weighted by Crippen LogP contribution is -2.88. The average Bonchev–Trinajstić information content (AvgIpc) is 2.38. The summed E-state index contributed by atoms with van der Waals surface area (Å²) < 4.78 is 6.07. The Kier molecular flexibility index (Phi) is 7.03. The minimum Gasteiger partial charge on any atom is -0.493 e. The molecule has 0 heterocycles. The van der Waals surface area contributed by atoms with Crippen LogP contribution in [0.4, 0.5) is 0 Å². The summed E-state index contributed by atoms with van der Waals surface area (Å²) in [5.74, 6) is 1.08. The first-order chi connectivity index (χ1) is 9.46. The fourth-order valence-corrected chi connectivity index (χ4v) is 2.29. The third kappa shape index (κ3) is 5.51. The molecule has 0 aromatic heterocycles. The summed E-state index contributed by atoms with van der Waals surface area (Å²) in [7, 11) is 0. The Morgan fingerprint density at radius 1 is 1.15 bits per heavy atom. The summed E-state index contributed by atoms with van der Waals surface area (Å²) in [5, 5.41) is 2.33. The molecule has 0 spiro atoms. The standard InChI is InChI=1S/C17H30N2O/c1-14-8-7-9-15(17(2,3)4)16(14)20-13-6-5-11-19-12-10-18/h7-9,19H,5-6,10-13,18H2,1-4H3/p+2. The highest BCUT2D eigenvalue weighted by molar-refractivity contribution is 5.44. The predicted octanol–water partition coefficient (Wildman–Crippen LogP) is 1.26. The van der Waals surface area contributed by atoms with Gasteiger partial charge in [0.25, 0.3) is 0 Å². The van der Waals surface area contributed by atoms with Gasteiger partial charge in [-0.15, -0.1) is 0 Å². The van der Waals surface area contributed by atoms with E-state index in [0.29, 0.717) is 0 Å². The number of ether oxygens (including phenoxy) is 1. The second-order valence-electron chi connectivity index (χ2n) is 6.48. The zero-order chi connectivity index (χ0) is 15.0. The Balaban J connectivity index is 2.47. The normalized spacial score (nSPS) is 11.7. The molecule has 0 radical (unpaired) electrons. The van der Waals surface area contributed by atoms with E-state index in [1.165, 1.54) is 24.1 Å². The van der Waals surface area contributed by atoms with Gasteiger partial charge in [0.1, 0.15) is 18.8 Å². The summed E-state index contributed by atoms with van der Waals surface area (Å²) in [6.07, 6.45) is 2.32. The molecule has 0 saturated heterocycles. The fourth-order valence-electron chi connectivity index (χ4n) is 2.29. The van der Waals surface area contributed by atoms with Crippen LogP contribution in [0.2, 0.25) is 0 Å². The van der Waals surface area contributed by atoms with E-state index in [1.54, 1.807) is 0 Å². The van der Waals surface area contributed by atoms with Gasteiger partial charge in [0.05, 0.1) is 13.2 Å². The number of unbranched alkanes of at least 4 members (excludes halogenated alkanes) is 1. The Hall–Kier alpha value is -1.06. The number of para-hydroxylation sites is 1. The van der Waals surface area contributed by atoms with Gasteiger partial charge in [0.2, 0.25) is 0 Å². The van der Waals surface area contributed by atoms with Crippen molar-refractivity contribution < 1.29 is 15.8 Å². The smallest absolute Gasteiger partial charge is 0.125 e. The summed E-state index contributed by atoms with van der Waals surface area (Å²) in [4.78, 5) is 0. The Morgan fingerprint density at radius 2 is 1.90 bits per heavy atom. The van der Waals surface area contributed by atoms with Crippen LogP contribution in [0.5, 0.6) is 5.75 Å². The number of aryl methyl sites for hydroxylation is 1. The Labute approximate surface area is 123 Å². The number of benzene rings is 1. The molecule has 3 nitrogen and oxygen atoms in total. The number of nitrogens with two attached hydrogens (primary N) is 1. The van der Waals surface area contributed by atoms with Gasteiger partial charge in [0, 0.05) is 0 Å². The van der Waals surface area contributed by atoms with Crippen molar-refractivity contribution in [3.8, 4) is 5.75 Å². The minimum atomic E-state index is 0.128. The van der Waals surface area contributed by atoms with E-state index in [2.05, 4.69) is 56.9 Å². The van der Waals surface area contributed by atoms with Crippen molar-refractivity contribution in [1.29, 1.82) is 0 Å². The first-order valence-corrected chi connectivity index (χ1v) is 7.80. The van der Waals surface area contributed by atoms with Crippen molar-refractivity contribution in [2.75, 3.05) is 26.2 Å². The first-order valence-electron chi connectivity index (χ1n) is 7.80. The van der Waals surface area contributed by atoms with Crippen LogP contribution in [0.15, 0.2) is 18.2 Å². The summed E-state index contributed by atoms with van der Waals surface area (Å²) in [6, 6.07) is 6.44. The van der Waals surface area contributed by atoms with E-state index in [9.17, 15) is 0 Å². The molecule has 0 atom stereocenters. The van der Waals surface area contributed by atoms with Gasteiger partial charge < -0.3 is 15.8 Å². The number of hydrogen-bond donors (Lipinski definition) is 2. The lowest BCUT2D eigenvalue weighted by atomic mass is 9.85. The van der Waals surface area contributed by atoms with Gasteiger partial charge in [-0.2, -0.15) is 0 Å². The van der Waals surface area contributed by atoms with Crippen molar-refractivity contribution in [3.05, 3.63) is 29.3 Å². The lowest BCUT2D eigenvalue weighted by molar-refractivity contribution is -0.670. The largest absolute Gasteiger partial charge is 0.493 e.